The molecule has 26 heavy (non-hydrogen) atoms. The van der Waals surface area contributed by atoms with Gasteiger partial charge in [0.2, 0.25) is 5.91 Å². The van der Waals surface area contributed by atoms with Crippen molar-refractivity contribution in [1.82, 2.24) is 20.1 Å². The lowest BCUT2D eigenvalue weighted by atomic mass is 10.1. The maximum Gasteiger partial charge on any atom is 0.270 e. The first kappa shape index (κ1) is 17.6. The molecule has 0 spiro atoms. The highest BCUT2D eigenvalue weighted by atomic mass is 35.5. The summed E-state index contributed by atoms with van der Waals surface area (Å²) in [5, 5.41) is 4.87. The first-order valence-electron chi connectivity index (χ1n) is 8.80. The van der Waals surface area contributed by atoms with E-state index in [2.05, 4.69) is 10.3 Å². The molecule has 0 radical (unpaired) electrons. The van der Waals surface area contributed by atoms with Crippen molar-refractivity contribution >= 4 is 45.9 Å². The Morgan fingerprint density at radius 3 is 2.50 bits per heavy atom. The van der Waals surface area contributed by atoms with Crippen LogP contribution in [0, 0.1) is 5.92 Å². The molecular weight excluding hydrogens is 375 g/mol. The number of hydrogen-bond donors (Lipinski definition) is 2. The Morgan fingerprint density at radius 2 is 1.81 bits per heavy atom. The van der Waals surface area contributed by atoms with Gasteiger partial charge in [0.25, 0.3) is 5.91 Å². The van der Waals surface area contributed by atoms with Crippen molar-refractivity contribution < 1.29 is 9.59 Å². The Morgan fingerprint density at radius 1 is 1.08 bits per heavy atom. The fourth-order valence-electron chi connectivity index (χ4n) is 3.68. The van der Waals surface area contributed by atoms with Gasteiger partial charge in [-0.2, -0.15) is 0 Å². The molecule has 138 valence electrons. The van der Waals surface area contributed by atoms with Crippen LogP contribution in [0.2, 0.25) is 10.0 Å². The van der Waals surface area contributed by atoms with E-state index in [-0.39, 0.29) is 17.7 Å². The number of fused-ring (bicyclic) bond motifs is 1. The lowest BCUT2D eigenvalue weighted by Gasteiger charge is -2.35. The number of aromatic amines is 1. The molecule has 3 heterocycles. The standard InChI is InChI=1S/C18H20Cl2N4O2/c19-13-1-2-14-12(16(13)20)9-15(22-14)18(26)24-7-5-23(6-8-24)17(25)11-3-4-21-10-11/h1-2,9,11,21-22H,3-8,10H2/t11-/m1/s1. The van der Waals surface area contributed by atoms with Crippen LogP contribution < -0.4 is 5.32 Å². The minimum atomic E-state index is -0.0805. The van der Waals surface area contributed by atoms with Crippen molar-refractivity contribution in [1.29, 1.82) is 0 Å². The molecule has 0 unspecified atom stereocenters. The maximum absolute atomic E-state index is 12.8. The van der Waals surface area contributed by atoms with Crippen LogP contribution in [0.5, 0.6) is 0 Å². The Labute approximate surface area is 161 Å². The molecule has 1 atom stereocenters. The zero-order valence-corrected chi connectivity index (χ0v) is 15.7. The van der Waals surface area contributed by atoms with Crippen molar-refractivity contribution in [3.63, 3.8) is 0 Å². The largest absolute Gasteiger partial charge is 0.350 e. The predicted octanol–water partition coefficient (Wildman–Crippen LogP) is 2.37. The highest BCUT2D eigenvalue weighted by molar-refractivity contribution is 6.45. The molecule has 1 aromatic carbocycles. The van der Waals surface area contributed by atoms with Gasteiger partial charge >= 0.3 is 0 Å². The molecular formula is C18H20Cl2N4O2. The molecule has 0 aliphatic carbocycles. The van der Waals surface area contributed by atoms with E-state index in [1.54, 1.807) is 17.0 Å². The van der Waals surface area contributed by atoms with E-state index in [0.717, 1.165) is 30.4 Å². The van der Waals surface area contributed by atoms with Crippen LogP contribution in [0.25, 0.3) is 10.9 Å². The number of benzene rings is 1. The topological polar surface area (TPSA) is 68.4 Å². The number of carbonyl (C=O) groups excluding carboxylic acids is 2. The van der Waals surface area contributed by atoms with Crippen LogP contribution >= 0.6 is 23.2 Å². The van der Waals surface area contributed by atoms with Crippen LogP contribution in [-0.4, -0.2) is 65.9 Å². The number of halogens is 2. The average molecular weight is 395 g/mol. The first-order valence-corrected chi connectivity index (χ1v) is 9.55. The fourth-order valence-corrected chi connectivity index (χ4v) is 4.07. The summed E-state index contributed by atoms with van der Waals surface area (Å²) in [6.07, 6.45) is 0.899. The normalized spacial score (nSPS) is 20.8. The molecule has 4 rings (SSSR count). The Kier molecular flexibility index (Phi) is 4.82. The van der Waals surface area contributed by atoms with E-state index in [4.69, 9.17) is 23.2 Å². The van der Waals surface area contributed by atoms with E-state index in [9.17, 15) is 9.59 Å². The fraction of sp³-hybridized carbons (Fsp3) is 0.444. The summed E-state index contributed by atoms with van der Waals surface area (Å²) in [5.74, 6) is 0.204. The quantitative estimate of drug-likeness (QED) is 0.821. The molecule has 1 aromatic heterocycles. The summed E-state index contributed by atoms with van der Waals surface area (Å²) in [6, 6.07) is 5.26. The zero-order chi connectivity index (χ0) is 18.3. The lowest BCUT2D eigenvalue weighted by Crippen LogP contribution is -2.52. The van der Waals surface area contributed by atoms with Gasteiger partial charge in [-0.05, 0) is 31.2 Å². The van der Waals surface area contributed by atoms with Gasteiger partial charge in [0, 0.05) is 43.6 Å². The Bertz CT molecular complexity index is 852. The van der Waals surface area contributed by atoms with E-state index in [1.165, 1.54) is 0 Å². The van der Waals surface area contributed by atoms with Crippen LogP contribution in [0.4, 0.5) is 0 Å². The summed E-state index contributed by atoms with van der Waals surface area (Å²) in [4.78, 5) is 32.1. The predicted molar refractivity (Wildman–Crippen MR) is 102 cm³/mol. The molecule has 2 N–H and O–H groups in total. The monoisotopic (exact) mass is 394 g/mol. The molecule has 2 amide bonds. The van der Waals surface area contributed by atoms with Gasteiger partial charge in [-0.3, -0.25) is 9.59 Å². The summed E-state index contributed by atoms with van der Waals surface area (Å²) in [6.45, 7) is 3.89. The number of piperazine rings is 1. The number of carbonyl (C=O) groups is 2. The van der Waals surface area contributed by atoms with Gasteiger partial charge < -0.3 is 20.1 Å². The van der Waals surface area contributed by atoms with Crippen LogP contribution in [0.3, 0.4) is 0 Å². The van der Waals surface area contributed by atoms with E-state index >= 15 is 0 Å². The van der Waals surface area contributed by atoms with Gasteiger partial charge in [0.15, 0.2) is 0 Å². The molecule has 2 aliphatic rings. The Balaban J connectivity index is 1.43. The maximum atomic E-state index is 12.8. The number of rotatable bonds is 2. The third-order valence-electron chi connectivity index (χ3n) is 5.21. The smallest absolute Gasteiger partial charge is 0.270 e. The second kappa shape index (κ2) is 7.10. The van der Waals surface area contributed by atoms with E-state index < -0.39 is 0 Å². The summed E-state index contributed by atoms with van der Waals surface area (Å²) in [5.41, 5.74) is 1.27. The minimum Gasteiger partial charge on any atom is -0.350 e. The highest BCUT2D eigenvalue weighted by Gasteiger charge is 2.31. The summed E-state index contributed by atoms with van der Waals surface area (Å²) < 4.78 is 0. The van der Waals surface area contributed by atoms with E-state index in [1.807, 2.05) is 11.0 Å². The number of hydrogen-bond acceptors (Lipinski definition) is 3. The molecule has 0 saturated carbocycles. The number of nitrogens with zero attached hydrogens (tertiary/aromatic N) is 2. The number of nitrogens with one attached hydrogen (secondary N) is 2. The van der Waals surface area contributed by atoms with Gasteiger partial charge in [-0.15, -0.1) is 0 Å². The Hall–Kier alpha value is -1.76. The molecule has 2 aliphatic heterocycles. The summed E-state index contributed by atoms with van der Waals surface area (Å²) >= 11 is 12.3. The highest BCUT2D eigenvalue weighted by Crippen LogP contribution is 2.31. The number of H-pyrrole nitrogens is 1. The van der Waals surface area contributed by atoms with Crippen molar-refractivity contribution in [3.05, 3.63) is 33.9 Å². The molecule has 2 fully saturated rings. The van der Waals surface area contributed by atoms with Crippen LogP contribution in [0.15, 0.2) is 18.2 Å². The van der Waals surface area contributed by atoms with Crippen LogP contribution in [-0.2, 0) is 4.79 Å². The van der Waals surface area contributed by atoms with Crippen molar-refractivity contribution in [2.24, 2.45) is 5.92 Å². The zero-order valence-electron chi connectivity index (χ0n) is 14.2. The van der Waals surface area contributed by atoms with E-state index in [0.29, 0.717) is 41.9 Å². The first-order chi connectivity index (χ1) is 12.5. The van der Waals surface area contributed by atoms with Crippen LogP contribution in [0.1, 0.15) is 16.9 Å². The average Bonchev–Trinajstić information content (AvgIpc) is 3.34. The van der Waals surface area contributed by atoms with Crippen molar-refractivity contribution in [3.8, 4) is 0 Å². The van der Waals surface area contributed by atoms with Crippen molar-refractivity contribution in [2.45, 2.75) is 6.42 Å². The van der Waals surface area contributed by atoms with Gasteiger partial charge in [0.05, 0.1) is 16.0 Å². The lowest BCUT2D eigenvalue weighted by molar-refractivity contribution is -0.136. The SMILES string of the molecule is O=C(c1cc2c(Cl)c(Cl)ccc2[nH]1)N1CCN(C(=O)[C@@H]2CCNC2)CC1. The van der Waals surface area contributed by atoms with Crippen molar-refractivity contribution in [2.75, 3.05) is 39.3 Å². The summed E-state index contributed by atoms with van der Waals surface area (Å²) in [7, 11) is 0. The molecule has 0 bridgehead atoms. The molecule has 6 nitrogen and oxygen atoms in total. The van der Waals surface area contributed by atoms with Gasteiger partial charge in [-0.1, -0.05) is 23.2 Å². The molecule has 2 saturated heterocycles. The van der Waals surface area contributed by atoms with Gasteiger partial charge in [0.1, 0.15) is 5.69 Å². The third-order valence-corrected chi connectivity index (χ3v) is 6.03. The third kappa shape index (κ3) is 3.17. The molecule has 8 heteroatoms. The number of aromatic nitrogens is 1. The molecule has 2 aromatic rings. The van der Waals surface area contributed by atoms with Gasteiger partial charge in [-0.25, -0.2) is 0 Å². The minimum absolute atomic E-state index is 0.0805. The number of amides is 2. The second-order valence-electron chi connectivity index (χ2n) is 6.81. The second-order valence-corrected chi connectivity index (χ2v) is 7.60.